The minimum absolute atomic E-state index is 0.324. The highest BCUT2D eigenvalue weighted by Crippen LogP contribution is 2.39. The van der Waals surface area contributed by atoms with E-state index in [-0.39, 0.29) is 0 Å². The van der Waals surface area contributed by atoms with Gasteiger partial charge in [-0.3, -0.25) is 0 Å². The van der Waals surface area contributed by atoms with Crippen molar-refractivity contribution in [3.63, 3.8) is 0 Å². The molecule has 1 aromatic rings. The van der Waals surface area contributed by atoms with E-state index in [9.17, 15) is 22.0 Å². The fraction of sp³-hybridized carbons (Fsp3) is 0.786. The molecule has 2 saturated carbocycles. The lowest BCUT2D eigenvalue weighted by molar-refractivity contribution is -0.142. The van der Waals surface area contributed by atoms with Crippen LogP contribution in [0.25, 0.3) is 0 Å². The topological polar surface area (TPSA) is 0 Å². The predicted octanol–water partition coefficient (Wildman–Crippen LogP) is 9.89. The Bertz CT molecular complexity index is 686. The molecule has 2 aliphatic rings. The van der Waals surface area contributed by atoms with Gasteiger partial charge in [0.15, 0.2) is 0 Å². The van der Waals surface area contributed by atoms with Gasteiger partial charge in [-0.2, -0.15) is 13.2 Å². The van der Waals surface area contributed by atoms with Crippen LogP contribution >= 0.6 is 0 Å². The molecule has 3 rings (SSSR count). The van der Waals surface area contributed by atoms with Gasteiger partial charge in [-0.25, -0.2) is 8.78 Å². The Kier molecular flexibility index (Phi) is 10.1. The van der Waals surface area contributed by atoms with Crippen molar-refractivity contribution in [1.82, 2.24) is 0 Å². The number of rotatable bonds is 10. The van der Waals surface area contributed by atoms with E-state index in [0.717, 1.165) is 49.1 Å². The smallest absolute Gasteiger partial charge is 0.206 e. The highest BCUT2D eigenvalue weighted by Gasteiger charge is 2.38. The summed E-state index contributed by atoms with van der Waals surface area (Å²) < 4.78 is 65.8. The van der Waals surface area contributed by atoms with E-state index in [2.05, 4.69) is 6.92 Å². The Labute approximate surface area is 196 Å². The molecular weight excluding hydrogens is 431 g/mol. The number of benzene rings is 1. The Balaban J connectivity index is 1.32. The van der Waals surface area contributed by atoms with Gasteiger partial charge >= 0.3 is 6.18 Å². The van der Waals surface area contributed by atoms with Crippen LogP contribution in [-0.2, 0) is 12.6 Å². The first kappa shape index (κ1) is 26.5. The monoisotopic (exact) mass is 472 g/mol. The highest BCUT2D eigenvalue weighted by atomic mass is 19.4. The molecule has 188 valence electrons. The van der Waals surface area contributed by atoms with Crippen LogP contribution in [-0.4, -0.2) is 0 Å². The predicted molar refractivity (Wildman–Crippen MR) is 124 cm³/mol. The van der Waals surface area contributed by atoms with E-state index >= 15 is 0 Å². The molecular formula is C28H41F5. The third-order valence-corrected chi connectivity index (χ3v) is 8.36. The zero-order valence-electron chi connectivity index (χ0n) is 20.2. The van der Waals surface area contributed by atoms with Crippen molar-refractivity contribution >= 4 is 0 Å². The molecule has 0 saturated heterocycles. The average Bonchev–Trinajstić information content (AvgIpc) is 2.76. The van der Waals surface area contributed by atoms with E-state index in [1.807, 2.05) is 0 Å². The largest absolute Gasteiger partial charge is 0.422 e. The van der Waals surface area contributed by atoms with Crippen LogP contribution in [0.1, 0.15) is 114 Å². The zero-order valence-corrected chi connectivity index (χ0v) is 20.2. The van der Waals surface area contributed by atoms with Gasteiger partial charge in [-0.1, -0.05) is 96.8 Å². The maximum absolute atomic E-state index is 13.8. The minimum atomic E-state index is -5.00. The lowest BCUT2D eigenvalue weighted by Crippen LogP contribution is -2.18. The molecule has 0 aliphatic heterocycles. The molecule has 0 aromatic heterocycles. The Morgan fingerprint density at radius 1 is 0.667 bits per heavy atom. The number of alkyl halides is 3. The maximum Gasteiger partial charge on any atom is 0.422 e. The Morgan fingerprint density at radius 2 is 1.09 bits per heavy atom. The van der Waals surface area contributed by atoms with Gasteiger partial charge in [0.2, 0.25) is 0 Å². The summed E-state index contributed by atoms with van der Waals surface area (Å²) in [5.74, 6) is 0.176. The van der Waals surface area contributed by atoms with Crippen molar-refractivity contribution in [2.45, 2.75) is 116 Å². The van der Waals surface area contributed by atoms with Crippen LogP contribution in [0.4, 0.5) is 22.0 Å². The molecule has 0 N–H and O–H groups in total. The van der Waals surface area contributed by atoms with E-state index in [1.54, 1.807) is 0 Å². The van der Waals surface area contributed by atoms with Crippen molar-refractivity contribution in [2.75, 3.05) is 0 Å². The van der Waals surface area contributed by atoms with Crippen LogP contribution in [0.5, 0.6) is 0 Å². The standard InChI is InChI=1S/C28H41F5/c1-2-3-4-5-20-6-8-21(9-7-20)10-11-22-12-14-23(15-13-22)16-17-24-18-25(29)27(26(30)19-24)28(31,32)33/h18-23H,2-17H2,1H3. The molecule has 0 atom stereocenters. The van der Waals surface area contributed by atoms with Crippen LogP contribution in [0.2, 0.25) is 0 Å². The molecule has 33 heavy (non-hydrogen) atoms. The number of halogens is 5. The fourth-order valence-corrected chi connectivity index (χ4v) is 6.18. The third kappa shape index (κ3) is 8.24. The van der Waals surface area contributed by atoms with Crippen molar-refractivity contribution in [3.8, 4) is 0 Å². The minimum Gasteiger partial charge on any atom is -0.206 e. The van der Waals surface area contributed by atoms with Crippen molar-refractivity contribution in [1.29, 1.82) is 0 Å². The van der Waals surface area contributed by atoms with Crippen molar-refractivity contribution in [2.24, 2.45) is 23.7 Å². The second-order valence-corrected chi connectivity index (χ2v) is 10.8. The molecule has 0 nitrogen and oxygen atoms in total. The van der Waals surface area contributed by atoms with Crippen LogP contribution in [0, 0.1) is 35.3 Å². The first-order valence-corrected chi connectivity index (χ1v) is 13.3. The SMILES string of the molecule is CCCCCC1CCC(CCC2CCC(CCc3cc(F)c(C(F)(F)F)c(F)c3)CC2)CC1. The van der Waals surface area contributed by atoms with E-state index in [0.29, 0.717) is 17.9 Å². The van der Waals surface area contributed by atoms with Gasteiger partial charge in [-0.15, -0.1) is 0 Å². The molecule has 2 fully saturated rings. The molecule has 0 radical (unpaired) electrons. The lowest BCUT2D eigenvalue weighted by Gasteiger charge is -2.32. The molecule has 0 amide bonds. The highest BCUT2D eigenvalue weighted by molar-refractivity contribution is 5.28. The summed E-state index contributed by atoms with van der Waals surface area (Å²) in [5.41, 5.74) is -1.46. The number of hydrogen-bond acceptors (Lipinski definition) is 0. The van der Waals surface area contributed by atoms with Crippen molar-refractivity contribution in [3.05, 3.63) is 34.9 Å². The van der Waals surface area contributed by atoms with Crippen LogP contribution in [0.15, 0.2) is 12.1 Å². The number of unbranched alkanes of at least 4 members (excludes halogenated alkanes) is 2. The summed E-state index contributed by atoms with van der Waals surface area (Å²) in [6.07, 6.45) is 14.8. The summed E-state index contributed by atoms with van der Waals surface area (Å²) in [6.45, 7) is 2.27. The summed E-state index contributed by atoms with van der Waals surface area (Å²) in [4.78, 5) is 0. The van der Waals surface area contributed by atoms with Crippen molar-refractivity contribution < 1.29 is 22.0 Å². The van der Waals surface area contributed by atoms with E-state index < -0.39 is 23.4 Å². The zero-order chi connectivity index (χ0) is 23.8. The number of hydrogen-bond donors (Lipinski definition) is 0. The van der Waals surface area contributed by atoms with Gasteiger partial charge in [0.1, 0.15) is 17.2 Å². The van der Waals surface area contributed by atoms with Gasteiger partial charge in [-0.05, 0) is 54.2 Å². The second kappa shape index (κ2) is 12.5. The van der Waals surface area contributed by atoms with Gasteiger partial charge in [0.05, 0.1) is 0 Å². The van der Waals surface area contributed by atoms with E-state index in [4.69, 9.17) is 0 Å². The average molecular weight is 473 g/mol. The third-order valence-electron chi connectivity index (χ3n) is 8.36. The molecule has 1 aromatic carbocycles. The van der Waals surface area contributed by atoms with Gasteiger partial charge in [0.25, 0.3) is 0 Å². The second-order valence-electron chi connectivity index (χ2n) is 10.8. The normalized spacial score (nSPS) is 26.5. The lowest BCUT2D eigenvalue weighted by atomic mass is 9.74. The van der Waals surface area contributed by atoms with Gasteiger partial charge < -0.3 is 0 Å². The molecule has 0 spiro atoms. The molecule has 0 bridgehead atoms. The first-order chi connectivity index (χ1) is 15.8. The Hall–Kier alpha value is -1.13. The maximum atomic E-state index is 13.8. The summed E-state index contributed by atoms with van der Waals surface area (Å²) in [6, 6.07) is 1.71. The van der Waals surface area contributed by atoms with Crippen LogP contribution < -0.4 is 0 Å². The molecule has 0 heterocycles. The molecule has 5 heteroatoms. The summed E-state index contributed by atoms with van der Waals surface area (Å²) in [7, 11) is 0. The number of aryl methyl sites for hydroxylation is 1. The van der Waals surface area contributed by atoms with Crippen LogP contribution in [0.3, 0.4) is 0 Å². The Morgan fingerprint density at radius 3 is 1.52 bits per heavy atom. The quantitative estimate of drug-likeness (QED) is 0.235. The summed E-state index contributed by atoms with van der Waals surface area (Å²) >= 11 is 0. The molecule has 2 aliphatic carbocycles. The summed E-state index contributed by atoms with van der Waals surface area (Å²) in [5, 5.41) is 0. The first-order valence-electron chi connectivity index (χ1n) is 13.3. The van der Waals surface area contributed by atoms with E-state index in [1.165, 1.54) is 77.0 Å². The van der Waals surface area contributed by atoms with Gasteiger partial charge in [0, 0.05) is 0 Å². The molecule has 0 unspecified atom stereocenters. The fourth-order valence-electron chi connectivity index (χ4n) is 6.18.